The summed E-state index contributed by atoms with van der Waals surface area (Å²) in [6, 6.07) is 20.4. The van der Waals surface area contributed by atoms with E-state index in [9.17, 15) is 19.2 Å². The third kappa shape index (κ3) is 6.34. The lowest BCUT2D eigenvalue weighted by molar-refractivity contribution is -0.120. The Bertz CT molecular complexity index is 1520. The predicted octanol–water partition coefficient (Wildman–Crippen LogP) is 5.53. The Morgan fingerprint density at radius 1 is 0.614 bits per heavy atom. The number of benzene rings is 2. The molecule has 0 radical (unpaired) electrons. The highest BCUT2D eigenvalue weighted by atomic mass is 16.3. The summed E-state index contributed by atoms with van der Waals surface area (Å²) in [5, 5.41) is 5.85. The topological polar surface area (TPSA) is 125 Å². The van der Waals surface area contributed by atoms with Gasteiger partial charge in [-0.05, 0) is 85.3 Å². The number of likely N-dealkylation sites (tertiary alicyclic amines) is 2. The molecule has 4 heterocycles. The molecule has 2 aromatic carbocycles. The minimum Gasteiger partial charge on any atom is -0.459 e. The number of carbonyl (C=O) groups is 4. The Morgan fingerprint density at radius 2 is 1.02 bits per heavy atom. The van der Waals surface area contributed by atoms with Gasteiger partial charge in [0.05, 0.1) is 12.5 Å². The Hall–Kier alpha value is -5.38. The van der Waals surface area contributed by atoms with Gasteiger partial charge in [-0.1, -0.05) is 36.4 Å². The number of hydrogen-bond donors (Lipinski definition) is 2. The number of rotatable bonds is 8. The first-order chi connectivity index (χ1) is 21.5. The maximum Gasteiger partial charge on any atom is 0.290 e. The number of furan rings is 2. The van der Waals surface area contributed by atoms with E-state index < -0.39 is 12.1 Å². The molecule has 2 aliphatic heterocycles. The smallest absolute Gasteiger partial charge is 0.290 e. The first-order valence-corrected chi connectivity index (χ1v) is 14.7. The van der Waals surface area contributed by atoms with Crippen molar-refractivity contribution in [2.45, 2.75) is 37.8 Å². The Kier molecular flexibility index (Phi) is 8.40. The molecule has 2 fully saturated rings. The molecule has 2 N–H and O–H groups in total. The van der Waals surface area contributed by atoms with Gasteiger partial charge in [0, 0.05) is 24.5 Å². The fourth-order valence-corrected chi connectivity index (χ4v) is 5.65. The predicted molar refractivity (Wildman–Crippen MR) is 165 cm³/mol. The summed E-state index contributed by atoms with van der Waals surface area (Å²) >= 11 is 0. The molecule has 6 rings (SSSR count). The average Bonchev–Trinajstić information content (AvgIpc) is 3.88. The number of amides is 4. The van der Waals surface area contributed by atoms with Crippen LogP contribution in [0, 0.1) is 0 Å². The molecule has 2 aliphatic rings. The molecule has 2 aromatic heterocycles. The van der Waals surface area contributed by atoms with Crippen molar-refractivity contribution in [1.29, 1.82) is 0 Å². The number of hydrogen-bond acceptors (Lipinski definition) is 6. The maximum atomic E-state index is 13.0. The van der Waals surface area contributed by atoms with Gasteiger partial charge in [0.25, 0.3) is 11.8 Å². The lowest BCUT2D eigenvalue weighted by atomic mass is 10.1. The summed E-state index contributed by atoms with van der Waals surface area (Å²) in [6.45, 7) is 1.03. The van der Waals surface area contributed by atoms with Crippen molar-refractivity contribution in [3.63, 3.8) is 0 Å². The normalized spacial score (nSPS) is 18.1. The van der Waals surface area contributed by atoms with Gasteiger partial charge in [0.15, 0.2) is 11.5 Å². The molecule has 2 saturated heterocycles. The summed E-state index contributed by atoms with van der Waals surface area (Å²) in [5.74, 6) is -0.528. The monoisotopic (exact) mass is 592 g/mol. The fraction of sp³-hybridized carbons (Fsp3) is 0.235. The third-order valence-electron chi connectivity index (χ3n) is 7.92. The number of nitrogens with zero attached hydrogens (tertiary/aromatic N) is 2. The molecule has 0 bridgehead atoms. The number of anilines is 2. The second kappa shape index (κ2) is 12.9. The van der Waals surface area contributed by atoms with Crippen molar-refractivity contribution in [3.8, 4) is 0 Å². The van der Waals surface area contributed by atoms with Crippen LogP contribution in [0.1, 0.15) is 57.9 Å². The van der Waals surface area contributed by atoms with Crippen LogP contribution in [0.15, 0.2) is 94.2 Å². The van der Waals surface area contributed by atoms with Crippen LogP contribution in [0.5, 0.6) is 0 Å². The molecule has 0 saturated carbocycles. The Morgan fingerprint density at radius 3 is 1.39 bits per heavy atom. The Labute approximate surface area is 254 Å². The molecule has 0 spiro atoms. The first kappa shape index (κ1) is 28.7. The Balaban J connectivity index is 1.01. The average molecular weight is 593 g/mol. The van der Waals surface area contributed by atoms with Gasteiger partial charge in [0.1, 0.15) is 12.1 Å². The standard InChI is InChI=1S/C34H32N4O6/c39-31(27-5-1-19-37(27)33(41)29-7-3-21-43-29)35-25-15-11-23(12-16-25)9-10-24-13-17-26(18-14-24)36-32(40)28-6-2-20-38(28)34(42)30-8-4-22-44-30/h3-4,7-18,21-22,27-28H,1-2,5-6,19-20H2,(H,35,39)(H,36,40)/b10-9+. The van der Waals surface area contributed by atoms with E-state index in [0.29, 0.717) is 37.3 Å². The van der Waals surface area contributed by atoms with Gasteiger partial charge < -0.3 is 29.3 Å². The van der Waals surface area contributed by atoms with Crippen molar-refractivity contribution < 1.29 is 28.0 Å². The van der Waals surface area contributed by atoms with E-state index in [1.54, 1.807) is 34.1 Å². The van der Waals surface area contributed by atoms with E-state index in [4.69, 9.17) is 8.83 Å². The summed E-state index contributed by atoms with van der Waals surface area (Å²) < 4.78 is 10.4. The minimum absolute atomic E-state index is 0.220. The van der Waals surface area contributed by atoms with Crippen molar-refractivity contribution >= 4 is 47.2 Å². The van der Waals surface area contributed by atoms with E-state index in [-0.39, 0.29) is 35.1 Å². The zero-order chi connectivity index (χ0) is 30.5. The highest BCUT2D eigenvalue weighted by Crippen LogP contribution is 2.24. The summed E-state index contributed by atoms with van der Waals surface area (Å²) in [7, 11) is 0. The molecular formula is C34H32N4O6. The molecule has 2 unspecified atom stereocenters. The summed E-state index contributed by atoms with van der Waals surface area (Å²) in [5.41, 5.74) is 3.18. The lowest BCUT2D eigenvalue weighted by Gasteiger charge is -2.23. The molecule has 10 nitrogen and oxygen atoms in total. The molecule has 0 aliphatic carbocycles. The van der Waals surface area contributed by atoms with Gasteiger partial charge in [-0.15, -0.1) is 0 Å². The van der Waals surface area contributed by atoms with Gasteiger partial charge in [-0.2, -0.15) is 0 Å². The van der Waals surface area contributed by atoms with Gasteiger partial charge in [0.2, 0.25) is 11.8 Å². The molecule has 224 valence electrons. The van der Waals surface area contributed by atoms with Gasteiger partial charge in [-0.3, -0.25) is 19.2 Å². The quantitative estimate of drug-likeness (QED) is 0.259. The van der Waals surface area contributed by atoms with Crippen molar-refractivity contribution in [1.82, 2.24) is 9.80 Å². The van der Waals surface area contributed by atoms with Crippen molar-refractivity contribution in [2.75, 3.05) is 23.7 Å². The first-order valence-electron chi connectivity index (χ1n) is 14.7. The minimum atomic E-state index is -0.541. The molecular weight excluding hydrogens is 560 g/mol. The van der Waals surface area contributed by atoms with Crippen LogP contribution < -0.4 is 10.6 Å². The van der Waals surface area contributed by atoms with E-state index >= 15 is 0 Å². The van der Waals surface area contributed by atoms with Crippen LogP contribution in [0.4, 0.5) is 11.4 Å². The highest BCUT2D eigenvalue weighted by molar-refractivity contribution is 6.01. The van der Waals surface area contributed by atoms with Crippen LogP contribution >= 0.6 is 0 Å². The molecule has 4 amide bonds. The largest absolute Gasteiger partial charge is 0.459 e. The van der Waals surface area contributed by atoms with Crippen LogP contribution in [-0.2, 0) is 9.59 Å². The van der Waals surface area contributed by atoms with E-state index in [1.165, 1.54) is 12.5 Å². The van der Waals surface area contributed by atoms with Crippen LogP contribution in [0.25, 0.3) is 12.2 Å². The zero-order valence-corrected chi connectivity index (χ0v) is 24.0. The molecule has 2 atom stereocenters. The van der Waals surface area contributed by atoms with Gasteiger partial charge in [-0.25, -0.2) is 0 Å². The van der Waals surface area contributed by atoms with Crippen molar-refractivity contribution in [2.24, 2.45) is 0 Å². The van der Waals surface area contributed by atoms with E-state index in [0.717, 1.165) is 24.0 Å². The number of nitrogens with one attached hydrogen (secondary N) is 2. The van der Waals surface area contributed by atoms with Crippen LogP contribution in [-0.4, -0.2) is 58.6 Å². The SMILES string of the molecule is O=C(Nc1ccc(/C=C/c2ccc(NC(=O)C3CCCN3C(=O)c3ccco3)cc2)cc1)C1CCCN1C(=O)c1ccco1. The van der Waals surface area contributed by atoms with Gasteiger partial charge >= 0.3 is 0 Å². The summed E-state index contributed by atoms with van der Waals surface area (Å²) in [4.78, 5) is 54.5. The third-order valence-corrected chi connectivity index (χ3v) is 7.92. The lowest BCUT2D eigenvalue weighted by Crippen LogP contribution is -2.43. The van der Waals surface area contributed by atoms with Crippen LogP contribution in [0.2, 0.25) is 0 Å². The molecule has 44 heavy (non-hydrogen) atoms. The summed E-state index contributed by atoms with van der Waals surface area (Å²) in [6.07, 6.45) is 9.53. The zero-order valence-electron chi connectivity index (χ0n) is 24.0. The van der Waals surface area contributed by atoms with Crippen LogP contribution in [0.3, 0.4) is 0 Å². The second-order valence-electron chi connectivity index (χ2n) is 10.8. The van der Waals surface area contributed by atoms with E-state index in [1.807, 2.05) is 60.7 Å². The van der Waals surface area contributed by atoms with E-state index in [2.05, 4.69) is 10.6 Å². The molecule has 10 heteroatoms. The number of carbonyl (C=O) groups excluding carboxylic acids is 4. The second-order valence-corrected chi connectivity index (χ2v) is 10.8. The highest BCUT2D eigenvalue weighted by Gasteiger charge is 2.36. The molecule has 4 aromatic rings. The van der Waals surface area contributed by atoms with Crippen molar-refractivity contribution in [3.05, 3.63) is 108 Å². The fourth-order valence-electron chi connectivity index (χ4n) is 5.65. The maximum absolute atomic E-state index is 13.0.